The van der Waals surface area contributed by atoms with Crippen LogP contribution in [-0.2, 0) is 0 Å². The molecule has 2 aliphatic rings. The number of rotatable bonds is 2. The first-order valence-corrected chi connectivity index (χ1v) is 7.14. The fourth-order valence-electron chi connectivity index (χ4n) is 2.93. The lowest BCUT2D eigenvalue weighted by Gasteiger charge is -2.21. The average molecular weight is 257 g/mol. The van der Waals surface area contributed by atoms with E-state index in [4.69, 9.17) is 0 Å². The molecule has 0 aromatic carbocycles. The molecule has 0 bridgehead atoms. The van der Waals surface area contributed by atoms with Crippen molar-refractivity contribution < 1.29 is 0 Å². The van der Waals surface area contributed by atoms with Gasteiger partial charge in [-0.2, -0.15) is 0 Å². The molecule has 19 heavy (non-hydrogen) atoms. The molecule has 3 rings (SSSR count). The van der Waals surface area contributed by atoms with Crippen LogP contribution in [0.1, 0.15) is 55.6 Å². The Morgan fingerprint density at radius 2 is 2.05 bits per heavy atom. The molecule has 1 aromatic heterocycles. The van der Waals surface area contributed by atoms with E-state index < -0.39 is 0 Å². The summed E-state index contributed by atoms with van der Waals surface area (Å²) in [5, 5.41) is 0. The van der Waals surface area contributed by atoms with Crippen LogP contribution in [0.25, 0.3) is 0 Å². The highest BCUT2D eigenvalue weighted by Crippen LogP contribution is 2.31. The number of H-pyrrole nitrogens is 1. The minimum atomic E-state index is 0.0519. The third-order valence-electron chi connectivity index (χ3n) is 3.97. The molecular weight excluding hydrogens is 238 g/mol. The van der Waals surface area contributed by atoms with Crippen LogP contribution in [0.5, 0.6) is 0 Å². The molecule has 1 aliphatic heterocycles. The Morgan fingerprint density at radius 3 is 2.79 bits per heavy atom. The quantitative estimate of drug-likeness (QED) is 0.870. The van der Waals surface area contributed by atoms with Gasteiger partial charge in [-0.05, 0) is 24.8 Å². The van der Waals surface area contributed by atoms with Gasteiger partial charge in [0, 0.05) is 36.5 Å². The molecule has 0 saturated heterocycles. The molecule has 4 nitrogen and oxygen atoms in total. The van der Waals surface area contributed by atoms with Crippen molar-refractivity contribution in [3.63, 3.8) is 0 Å². The van der Waals surface area contributed by atoms with Gasteiger partial charge in [-0.3, -0.25) is 9.79 Å². The van der Waals surface area contributed by atoms with Gasteiger partial charge in [0.1, 0.15) is 0 Å². The smallest absolute Gasteiger partial charge is 0.251 e. The molecule has 0 atom stereocenters. The Morgan fingerprint density at radius 1 is 1.21 bits per heavy atom. The van der Waals surface area contributed by atoms with E-state index in [1.165, 1.54) is 19.3 Å². The Hall–Kier alpha value is -1.71. The van der Waals surface area contributed by atoms with Crippen LogP contribution >= 0.6 is 0 Å². The standard InChI is InChI=1S/C15H19N3O/c19-15-13(11-5-2-1-3-6-11)9-12(10-18-15)14-16-7-4-8-17-14/h7,9-11H,1-6,8H2,(H,18,19). The van der Waals surface area contributed by atoms with Crippen molar-refractivity contribution in [2.45, 2.75) is 44.4 Å². The van der Waals surface area contributed by atoms with E-state index >= 15 is 0 Å². The third kappa shape index (κ3) is 2.67. The molecule has 0 spiro atoms. The van der Waals surface area contributed by atoms with Crippen molar-refractivity contribution in [2.24, 2.45) is 9.98 Å². The zero-order chi connectivity index (χ0) is 13.1. The van der Waals surface area contributed by atoms with Crippen LogP contribution in [0, 0.1) is 0 Å². The Labute approximate surface area is 112 Å². The van der Waals surface area contributed by atoms with Crippen molar-refractivity contribution in [3.8, 4) is 0 Å². The van der Waals surface area contributed by atoms with Crippen LogP contribution in [0.3, 0.4) is 0 Å². The number of hydrogen-bond acceptors (Lipinski definition) is 3. The summed E-state index contributed by atoms with van der Waals surface area (Å²) in [5.74, 6) is 1.16. The number of aliphatic imine (C=N–C) groups is 2. The van der Waals surface area contributed by atoms with Crippen LogP contribution in [0.15, 0.2) is 27.0 Å². The lowest BCUT2D eigenvalue weighted by atomic mass is 9.84. The molecule has 1 aliphatic carbocycles. The first-order chi connectivity index (χ1) is 9.34. The second-order valence-corrected chi connectivity index (χ2v) is 5.31. The van der Waals surface area contributed by atoms with Crippen molar-refractivity contribution in [1.29, 1.82) is 0 Å². The van der Waals surface area contributed by atoms with Gasteiger partial charge in [0.15, 0.2) is 5.84 Å². The molecule has 0 radical (unpaired) electrons. The second-order valence-electron chi connectivity index (χ2n) is 5.31. The molecule has 4 heteroatoms. The summed E-state index contributed by atoms with van der Waals surface area (Å²) in [7, 11) is 0. The molecule has 100 valence electrons. The molecule has 0 unspecified atom stereocenters. The van der Waals surface area contributed by atoms with Crippen molar-refractivity contribution in [3.05, 3.63) is 33.7 Å². The Balaban J connectivity index is 1.93. The summed E-state index contributed by atoms with van der Waals surface area (Å²) >= 11 is 0. The van der Waals surface area contributed by atoms with Gasteiger partial charge in [-0.25, -0.2) is 4.99 Å². The summed E-state index contributed by atoms with van der Waals surface area (Å²) in [6.07, 6.45) is 10.5. The first-order valence-electron chi connectivity index (χ1n) is 7.14. The highest BCUT2D eigenvalue weighted by atomic mass is 16.1. The van der Waals surface area contributed by atoms with Gasteiger partial charge < -0.3 is 4.98 Å². The van der Waals surface area contributed by atoms with Crippen molar-refractivity contribution in [1.82, 2.24) is 4.98 Å². The van der Waals surface area contributed by atoms with E-state index in [0.29, 0.717) is 5.92 Å². The van der Waals surface area contributed by atoms with E-state index in [0.717, 1.165) is 42.8 Å². The fraction of sp³-hybridized carbons (Fsp3) is 0.533. The van der Waals surface area contributed by atoms with Crippen molar-refractivity contribution in [2.75, 3.05) is 6.54 Å². The monoisotopic (exact) mass is 257 g/mol. The summed E-state index contributed by atoms with van der Waals surface area (Å²) in [6.45, 7) is 0.788. The Kier molecular flexibility index (Phi) is 3.58. The molecule has 1 saturated carbocycles. The number of aromatic amines is 1. The maximum Gasteiger partial charge on any atom is 0.251 e. The molecular formula is C15H19N3O. The van der Waals surface area contributed by atoms with Gasteiger partial charge in [0.25, 0.3) is 5.56 Å². The number of aromatic nitrogens is 1. The molecule has 1 fully saturated rings. The molecule has 2 heterocycles. The predicted octanol–water partition coefficient (Wildman–Crippen LogP) is 2.64. The lowest BCUT2D eigenvalue weighted by Crippen LogP contribution is -2.20. The molecule has 1 aromatic rings. The molecule has 1 N–H and O–H groups in total. The lowest BCUT2D eigenvalue weighted by molar-refractivity contribution is 0.441. The third-order valence-corrected chi connectivity index (χ3v) is 3.97. The van der Waals surface area contributed by atoms with E-state index in [2.05, 4.69) is 15.0 Å². The fourth-order valence-corrected chi connectivity index (χ4v) is 2.93. The van der Waals surface area contributed by atoms with Crippen LogP contribution in [0.4, 0.5) is 0 Å². The number of hydrogen-bond donors (Lipinski definition) is 1. The minimum absolute atomic E-state index is 0.0519. The van der Waals surface area contributed by atoms with E-state index in [1.54, 1.807) is 6.20 Å². The number of pyridine rings is 1. The van der Waals surface area contributed by atoms with Crippen LogP contribution < -0.4 is 5.56 Å². The van der Waals surface area contributed by atoms with Crippen molar-refractivity contribution >= 4 is 12.1 Å². The van der Waals surface area contributed by atoms with Crippen LogP contribution in [0.2, 0.25) is 0 Å². The SMILES string of the molecule is O=c1[nH]cc(C2=NCCC=N2)cc1C1CCCCC1. The predicted molar refractivity (Wildman–Crippen MR) is 77.4 cm³/mol. The Bertz CT molecular complexity index is 565. The van der Waals surface area contributed by atoms with Gasteiger partial charge in [0.2, 0.25) is 0 Å². The first kappa shape index (κ1) is 12.3. The zero-order valence-corrected chi connectivity index (χ0v) is 11.1. The average Bonchev–Trinajstić information content (AvgIpc) is 2.49. The highest BCUT2D eigenvalue weighted by Gasteiger charge is 2.19. The van der Waals surface area contributed by atoms with E-state index in [9.17, 15) is 4.79 Å². The topological polar surface area (TPSA) is 57.6 Å². The largest absolute Gasteiger partial charge is 0.328 e. The number of amidine groups is 1. The minimum Gasteiger partial charge on any atom is -0.328 e. The normalized spacial score (nSPS) is 20.3. The van der Waals surface area contributed by atoms with E-state index in [1.807, 2.05) is 12.3 Å². The summed E-state index contributed by atoms with van der Waals surface area (Å²) in [6, 6.07) is 2.00. The maximum absolute atomic E-state index is 12.0. The van der Waals surface area contributed by atoms with Gasteiger partial charge in [-0.15, -0.1) is 0 Å². The summed E-state index contributed by atoms with van der Waals surface area (Å²) in [4.78, 5) is 23.6. The van der Waals surface area contributed by atoms with Gasteiger partial charge in [-0.1, -0.05) is 19.3 Å². The summed E-state index contributed by atoms with van der Waals surface area (Å²) < 4.78 is 0. The maximum atomic E-state index is 12.0. The van der Waals surface area contributed by atoms with Gasteiger partial charge >= 0.3 is 0 Å². The van der Waals surface area contributed by atoms with E-state index in [-0.39, 0.29) is 5.56 Å². The second kappa shape index (κ2) is 5.51. The summed E-state index contributed by atoms with van der Waals surface area (Å²) in [5.41, 5.74) is 1.91. The molecule has 0 amide bonds. The number of nitrogens with one attached hydrogen (secondary N) is 1. The van der Waals surface area contributed by atoms with Crippen LogP contribution in [-0.4, -0.2) is 23.6 Å². The number of nitrogens with zero attached hydrogens (tertiary/aromatic N) is 2. The van der Waals surface area contributed by atoms with Gasteiger partial charge in [0.05, 0.1) is 0 Å². The zero-order valence-electron chi connectivity index (χ0n) is 11.1. The highest BCUT2D eigenvalue weighted by molar-refractivity contribution is 6.03.